The average molecular weight is 330 g/mol. The van der Waals surface area contributed by atoms with Crippen molar-refractivity contribution >= 4 is 28.2 Å². The zero-order valence-corrected chi connectivity index (χ0v) is 14.1. The standard InChI is InChI=1S/C19H18N6/c1-12-7-8-13(2)15(9-12)24-18-17(20)19(22-10-21-18)25-11-23-14-5-3-4-6-16(14)25/h3-11H,20H2,1-2H3,(H,21,22,24). The lowest BCUT2D eigenvalue weighted by molar-refractivity contribution is 1.00. The number of nitrogens with zero attached hydrogens (tertiary/aromatic N) is 4. The second kappa shape index (κ2) is 5.90. The number of nitrogens with one attached hydrogen (secondary N) is 1. The summed E-state index contributed by atoms with van der Waals surface area (Å²) in [6, 6.07) is 14.1. The minimum Gasteiger partial charge on any atom is -0.393 e. The molecule has 6 heteroatoms. The molecule has 0 unspecified atom stereocenters. The van der Waals surface area contributed by atoms with Gasteiger partial charge in [-0.15, -0.1) is 0 Å². The second-order valence-corrected chi connectivity index (χ2v) is 6.01. The Kier molecular flexibility index (Phi) is 3.57. The fourth-order valence-electron chi connectivity index (χ4n) is 2.80. The predicted octanol–water partition coefficient (Wildman–Crippen LogP) is 3.76. The fourth-order valence-corrected chi connectivity index (χ4v) is 2.80. The van der Waals surface area contributed by atoms with Crippen molar-refractivity contribution in [1.29, 1.82) is 0 Å². The lowest BCUT2D eigenvalue weighted by Gasteiger charge is -2.14. The quantitative estimate of drug-likeness (QED) is 0.598. The maximum atomic E-state index is 6.37. The highest BCUT2D eigenvalue weighted by molar-refractivity contribution is 5.81. The Bertz CT molecular complexity index is 1070. The van der Waals surface area contributed by atoms with Crippen LogP contribution >= 0.6 is 0 Å². The highest BCUT2D eigenvalue weighted by atomic mass is 15.2. The summed E-state index contributed by atoms with van der Waals surface area (Å²) in [5.74, 6) is 1.19. The number of para-hydroxylation sites is 2. The van der Waals surface area contributed by atoms with E-state index in [1.807, 2.05) is 35.8 Å². The SMILES string of the molecule is Cc1ccc(C)c(Nc2ncnc(-n3cnc4ccccc43)c2N)c1. The molecule has 2 heterocycles. The van der Waals surface area contributed by atoms with Crippen LogP contribution in [0.4, 0.5) is 17.2 Å². The summed E-state index contributed by atoms with van der Waals surface area (Å²) in [6.45, 7) is 4.10. The Labute approximate surface area is 145 Å². The molecule has 3 N–H and O–H groups in total. The van der Waals surface area contributed by atoms with Crippen LogP contribution in [0.3, 0.4) is 0 Å². The fraction of sp³-hybridized carbons (Fsp3) is 0.105. The summed E-state index contributed by atoms with van der Waals surface area (Å²) in [4.78, 5) is 13.1. The molecule has 0 spiro atoms. The van der Waals surface area contributed by atoms with Gasteiger partial charge in [0.2, 0.25) is 0 Å². The van der Waals surface area contributed by atoms with Gasteiger partial charge in [0.1, 0.15) is 18.3 Å². The van der Waals surface area contributed by atoms with Crippen molar-refractivity contribution < 1.29 is 0 Å². The normalized spacial score (nSPS) is 11.0. The second-order valence-electron chi connectivity index (χ2n) is 6.01. The number of nitrogens with two attached hydrogens (primary N) is 1. The van der Waals surface area contributed by atoms with Gasteiger partial charge in [0.25, 0.3) is 0 Å². The molecule has 0 atom stereocenters. The van der Waals surface area contributed by atoms with Crippen molar-refractivity contribution in [3.63, 3.8) is 0 Å². The zero-order valence-electron chi connectivity index (χ0n) is 14.1. The predicted molar refractivity (Wildman–Crippen MR) is 100 cm³/mol. The van der Waals surface area contributed by atoms with Gasteiger partial charge >= 0.3 is 0 Å². The van der Waals surface area contributed by atoms with Crippen molar-refractivity contribution in [2.45, 2.75) is 13.8 Å². The lowest BCUT2D eigenvalue weighted by Crippen LogP contribution is -2.07. The van der Waals surface area contributed by atoms with Gasteiger partial charge in [-0.25, -0.2) is 15.0 Å². The van der Waals surface area contributed by atoms with E-state index in [9.17, 15) is 0 Å². The number of aryl methyl sites for hydroxylation is 2. The van der Waals surface area contributed by atoms with E-state index in [2.05, 4.69) is 45.4 Å². The first-order valence-corrected chi connectivity index (χ1v) is 8.00. The molecule has 0 amide bonds. The first kappa shape index (κ1) is 15.1. The summed E-state index contributed by atoms with van der Waals surface area (Å²) in [5.41, 5.74) is 12.0. The highest BCUT2D eigenvalue weighted by Gasteiger charge is 2.13. The van der Waals surface area contributed by atoms with E-state index >= 15 is 0 Å². The van der Waals surface area contributed by atoms with Crippen molar-refractivity contribution in [3.8, 4) is 5.82 Å². The van der Waals surface area contributed by atoms with E-state index in [0.717, 1.165) is 22.3 Å². The smallest absolute Gasteiger partial charge is 0.167 e. The number of fused-ring (bicyclic) bond motifs is 1. The van der Waals surface area contributed by atoms with Crippen LogP contribution in [0, 0.1) is 13.8 Å². The monoisotopic (exact) mass is 330 g/mol. The summed E-state index contributed by atoms with van der Waals surface area (Å²) < 4.78 is 1.88. The molecule has 0 saturated carbocycles. The van der Waals surface area contributed by atoms with Crippen molar-refractivity contribution in [3.05, 3.63) is 66.2 Å². The van der Waals surface area contributed by atoms with Crippen LogP contribution in [0.2, 0.25) is 0 Å². The van der Waals surface area contributed by atoms with Crippen LogP contribution in [-0.2, 0) is 0 Å². The summed E-state index contributed by atoms with van der Waals surface area (Å²) in [5, 5.41) is 3.32. The van der Waals surface area contributed by atoms with Crippen LogP contribution < -0.4 is 11.1 Å². The van der Waals surface area contributed by atoms with Crippen molar-refractivity contribution in [2.75, 3.05) is 11.1 Å². The Morgan fingerprint density at radius 3 is 2.72 bits per heavy atom. The van der Waals surface area contributed by atoms with Crippen molar-refractivity contribution in [2.24, 2.45) is 0 Å². The minimum absolute atomic E-state index is 0.478. The van der Waals surface area contributed by atoms with E-state index in [1.165, 1.54) is 11.9 Å². The van der Waals surface area contributed by atoms with Crippen molar-refractivity contribution in [1.82, 2.24) is 19.5 Å². The maximum Gasteiger partial charge on any atom is 0.167 e. The third kappa shape index (κ3) is 2.67. The van der Waals surface area contributed by atoms with E-state index < -0.39 is 0 Å². The molecule has 2 aromatic carbocycles. The number of rotatable bonds is 3. The molecule has 6 nitrogen and oxygen atoms in total. The molecular formula is C19H18N6. The van der Waals surface area contributed by atoms with Gasteiger partial charge in [-0.3, -0.25) is 4.57 Å². The summed E-state index contributed by atoms with van der Waals surface area (Å²) in [7, 11) is 0. The van der Waals surface area contributed by atoms with Gasteiger partial charge in [-0.1, -0.05) is 24.3 Å². The first-order valence-electron chi connectivity index (χ1n) is 8.00. The van der Waals surface area contributed by atoms with E-state index in [4.69, 9.17) is 5.73 Å². The molecule has 0 bridgehead atoms. The van der Waals surface area contributed by atoms with Gasteiger partial charge in [-0.05, 0) is 43.2 Å². The Morgan fingerprint density at radius 1 is 1.00 bits per heavy atom. The number of hydrogen-bond acceptors (Lipinski definition) is 5. The lowest BCUT2D eigenvalue weighted by atomic mass is 10.1. The van der Waals surface area contributed by atoms with Crippen LogP contribution in [-0.4, -0.2) is 19.5 Å². The zero-order chi connectivity index (χ0) is 17.4. The third-order valence-electron chi connectivity index (χ3n) is 4.19. The topological polar surface area (TPSA) is 81.7 Å². The highest BCUT2D eigenvalue weighted by Crippen LogP contribution is 2.28. The maximum absolute atomic E-state index is 6.37. The molecule has 0 aliphatic heterocycles. The van der Waals surface area contributed by atoms with Crippen LogP contribution in [0.25, 0.3) is 16.9 Å². The average Bonchev–Trinajstić information content (AvgIpc) is 3.04. The number of aromatic nitrogens is 4. The van der Waals surface area contributed by atoms with Gasteiger partial charge in [0.05, 0.1) is 11.0 Å². The summed E-state index contributed by atoms with van der Waals surface area (Å²) >= 11 is 0. The Morgan fingerprint density at radius 2 is 1.84 bits per heavy atom. The van der Waals surface area contributed by atoms with Gasteiger partial charge in [-0.2, -0.15) is 0 Å². The number of imidazole rings is 1. The van der Waals surface area contributed by atoms with Gasteiger partial charge in [0.15, 0.2) is 11.6 Å². The first-order chi connectivity index (χ1) is 12.1. The van der Waals surface area contributed by atoms with E-state index in [-0.39, 0.29) is 0 Å². The molecular weight excluding hydrogens is 312 g/mol. The largest absolute Gasteiger partial charge is 0.393 e. The minimum atomic E-state index is 0.478. The molecule has 0 fully saturated rings. The molecule has 0 radical (unpaired) electrons. The van der Waals surface area contributed by atoms with E-state index in [1.54, 1.807) is 6.33 Å². The molecule has 25 heavy (non-hydrogen) atoms. The molecule has 124 valence electrons. The number of anilines is 3. The molecule has 2 aromatic heterocycles. The van der Waals surface area contributed by atoms with E-state index in [0.29, 0.717) is 17.3 Å². The third-order valence-corrected chi connectivity index (χ3v) is 4.19. The number of nitrogen functional groups attached to an aromatic ring is 1. The van der Waals surface area contributed by atoms with Gasteiger partial charge < -0.3 is 11.1 Å². The van der Waals surface area contributed by atoms with Crippen LogP contribution in [0.1, 0.15) is 11.1 Å². The summed E-state index contributed by atoms with van der Waals surface area (Å²) in [6.07, 6.45) is 3.24. The number of benzene rings is 2. The molecule has 0 saturated heterocycles. The molecule has 4 aromatic rings. The molecule has 4 rings (SSSR count). The number of hydrogen-bond donors (Lipinski definition) is 2. The van der Waals surface area contributed by atoms with Crippen LogP contribution in [0.5, 0.6) is 0 Å². The van der Waals surface area contributed by atoms with Gasteiger partial charge in [0, 0.05) is 5.69 Å². The Balaban J connectivity index is 1.79. The molecule has 0 aliphatic rings. The molecule has 0 aliphatic carbocycles. The van der Waals surface area contributed by atoms with Crippen LogP contribution in [0.15, 0.2) is 55.1 Å². The Hall–Kier alpha value is -3.41.